The first-order valence-corrected chi connectivity index (χ1v) is 7.75. The molecule has 1 nitrogen and oxygen atoms in total. The Hall–Kier alpha value is -0.820. The summed E-state index contributed by atoms with van der Waals surface area (Å²) in [6.07, 6.45) is 3.84. The third kappa shape index (κ3) is 2.12. The van der Waals surface area contributed by atoms with Gasteiger partial charge in [-0.2, -0.15) is 0 Å². The number of rotatable bonds is 4. The van der Waals surface area contributed by atoms with Crippen molar-refractivity contribution in [1.82, 2.24) is 5.32 Å². The summed E-state index contributed by atoms with van der Waals surface area (Å²) in [5.74, 6) is 0.737. The van der Waals surface area contributed by atoms with E-state index >= 15 is 0 Å². The molecule has 0 saturated heterocycles. The maximum Gasteiger partial charge on any atom is 0.0132 e. The highest BCUT2D eigenvalue weighted by molar-refractivity contribution is 5.43. The SMILES string of the molecule is CCC1(CC)C(NC)CC1c1c(C)cc(C)cc1C. The highest BCUT2D eigenvalue weighted by Crippen LogP contribution is 2.58. The van der Waals surface area contributed by atoms with E-state index in [9.17, 15) is 0 Å². The van der Waals surface area contributed by atoms with Gasteiger partial charge >= 0.3 is 0 Å². The summed E-state index contributed by atoms with van der Waals surface area (Å²) in [7, 11) is 2.12. The van der Waals surface area contributed by atoms with Crippen molar-refractivity contribution in [1.29, 1.82) is 0 Å². The van der Waals surface area contributed by atoms with Crippen LogP contribution in [0, 0.1) is 26.2 Å². The van der Waals surface area contributed by atoms with Crippen molar-refractivity contribution in [2.24, 2.45) is 5.41 Å². The second kappa shape index (κ2) is 5.28. The summed E-state index contributed by atoms with van der Waals surface area (Å²) >= 11 is 0. The van der Waals surface area contributed by atoms with Gasteiger partial charge in [-0.05, 0) is 75.1 Å². The molecule has 1 aliphatic rings. The van der Waals surface area contributed by atoms with Crippen LogP contribution in [0.2, 0.25) is 0 Å². The predicted molar refractivity (Wildman–Crippen MR) is 83.9 cm³/mol. The van der Waals surface area contributed by atoms with Crippen LogP contribution >= 0.6 is 0 Å². The van der Waals surface area contributed by atoms with Crippen molar-refractivity contribution in [3.8, 4) is 0 Å². The van der Waals surface area contributed by atoms with E-state index < -0.39 is 0 Å². The maximum absolute atomic E-state index is 3.54. The molecule has 1 aliphatic carbocycles. The van der Waals surface area contributed by atoms with Gasteiger partial charge in [0, 0.05) is 6.04 Å². The molecule has 0 bridgehead atoms. The molecule has 0 amide bonds. The Kier molecular flexibility index (Phi) is 4.06. The zero-order valence-electron chi connectivity index (χ0n) is 13.4. The van der Waals surface area contributed by atoms with E-state index in [1.165, 1.54) is 36.0 Å². The number of hydrogen-bond acceptors (Lipinski definition) is 1. The first-order valence-electron chi connectivity index (χ1n) is 7.75. The molecule has 0 spiro atoms. The first-order chi connectivity index (χ1) is 9.00. The van der Waals surface area contributed by atoms with Crippen LogP contribution in [0.4, 0.5) is 0 Å². The lowest BCUT2D eigenvalue weighted by molar-refractivity contribution is 0.0239. The topological polar surface area (TPSA) is 12.0 Å². The van der Waals surface area contributed by atoms with Gasteiger partial charge in [0.15, 0.2) is 0 Å². The Morgan fingerprint density at radius 1 is 1.11 bits per heavy atom. The fourth-order valence-corrected chi connectivity index (χ4v) is 4.57. The molecule has 1 aromatic rings. The van der Waals surface area contributed by atoms with Gasteiger partial charge in [0.1, 0.15) is 0 Å². The molecular formula is C18H29N. The Bertz CT molecular complexity index is 434. The molecule has 2 rings (SSSR count). The van der Waals surface area contributed by atoms with Crippen molar-refractivity contribution in [2.75, 3.05) is 7.05 Å². The van der Waals surface area contributed by atoms with E-state index in [0.29, 0.717) is 11.5 Å². The standard InChI is InChI=1S/C18H29N/c1-7-18(8-2)15(11-16(18)19-6)17-13(4)9-12(3)10-14(17)5/h9-10,15-16,19H,7-8,11H2,1-6H3. The molecule has 2 unspecified atom stereocenters. The molecule has 1 N–H and O–H groups in total. The lowest BCUT2D eigenvalue weighted by atomic mass is 9.51. The van der Waals surface area contributed by atoms with Gasteiger partial charge in [-0.15, -0.1) is 0 Å². The van der Waals surface area contributed by atoms with Crippen molar-refractivity contribution < 1.29 is 0 Å². The molecule has 0 heterocycles. The Labute approximate surface area is 118 Å². The van der Waals surface area contributed by atoms with E-state index in [1.54, 1.807) is 5.56 Å². The number of aryl methyl sites for hydroxylation is 3. The number of nitrogens with one attached hydrogen (secondary N) is 1. The van der Waals surface area contributed by atoms with Crippen molar-refractivity contribution >= 4 is 0 Å². The minimum Gasteiger partial charge on any atom is -0.316 e. The largest absolute Gasteiger partial charge is 0.316 e. The van der Waals surface area contributed by atoms with Crippen molar-refractivity contribution in [2.45, 2.75) is 65.8 Å². The summed E-state index contributed by atoms with van der Waals surface area (Å²) in [5, 5.41) is 3.54. The van der Waals surface area contributed by atoms with Crippen LogP contribution in [-0.2, 0) is 0 Å². The maximum atomic E-state index is 3.54. The molecule has 0 aromatic heterocycles. The Morgan fingerprint density at radius 3 is 2.05 bits per heavy atom. The second-order valence-corrected chi connectivity index (χ2v) is 6.38. The van der Waals surface area contributed by atoms with Gasteiger partial charge in [0.25, 0.3) is 0 Å². The third-order valence-corrected chi connectivity index (χ3v) is 5.61. The van der Waals surface area contributed by atoms with Gasteiger partial charge in [-0.1, -0.05) is 31.5 Å². The average Bonchev–Trinajstić information content (AvgIpc) is 2.33. The van der Waals surface area contributed by atoms with Crippen LogP contribution in [0.25, 0.3) is 0 Å². The van der Waals surface area contributed by atoms with E-state index in [0.717, 1.165) is 5.92 Å². The van der Waals surface area contributed by atoms with Crippen LogP contribution in [0.5, 0.6) is 0 Å². The fourth-order valence-electron chi connectivity index (χ4n) is 4.57. The Morgan fingerprint density at radius 2 is 1.63 bits per heavy atom. The molecule has 2 atom stereocenters. The van der Waals surface area contributed by atoms with Crippen LogP contribution in [0.1, 0.15) is 61.3 Å². The molecule has 19 heavy (non-hydrogen) atoms. The summed E-state index contributed by atoms with van der Waals surface area (Å²) in [6, 6.07) is 5.39. The van der Waals surface area contributed by atoms with E-state index in [2.05, 4.69) is 59.1 Å². The highest BCUT2D eigenvalue weighted by atomic mass is 14.9. The molecule has 0 aliphatic heterocycles. The molecule has 1 heteroatoms. The first kappa shape index (κ1) is 14.6. The summed E-state index contributed by atoms with van der Waals surface area (Å²) < 4.78 is 0. The van der Waals surface area contributed by atoms with Crippen LogP contribution in [0.3, 0.4) is 0 Å². The second-order valence-electron chi connectivity index (χ2n) is 6.38. The summed E-state index contributed by atoms with van der Waals surface area (Å²) in [6.45, 7) is 11.5. The third-order valence-electron chi connectivity index (χ3n) is 5.61. The van der Waals surface area contributed by atoms with Gasteiger partial charge in [-0.25, -0.2) is 0 Å². The normalized spacial score (nSPS) is 25.2. The van der Waals surface area contributed by atoms with Crippen molar-refractivity contribution in [3.63, 3.8) is 0 Å². The van der Waals surface area contributed by atoms with E-state index in [-0.39, 0.29) is 0 Å². The van der Waals surface area contributed by atoms with Crippen molar-refractivity contribution in [3.05, 3.63) is 34.4 Å². The van der Waals surface area contributed by atoms with E-state index in [4.69, 9.17) is 0 Å². The van der Waals surface area contributed by atoms with Crippen LogP contribution in [-0.4, -0.2) is 13.1 Å². The quantitative estimate of drug-likeness (QED) is 0.840. The average molecular weight is 259 g/mol. The van der Waals surface area contributed by atoms with E-state index in [1.807, 2.05) is 0 Å². The number of benzene rings is 1. The lowest BCUT2D eigenvalue weighted by Gasteiger charge is -2.57. The fraction of sp³-hybridized carbons (Fsp3) is 0.667. The highest BCUT2D eigenvalue weighted by Gasteiger charge is 2.52. The minimum atomic E-state index is 0.458. The molecule has 1 saturated carbocycles. The lowest BCUT2D eigenvalue weighted by Crippen LogP contribution is -2.57. The summed E-state index contributed by atoms with van der Waals surface area (Å²) in [4.78, 5) is 0. The van der Waals surface area contributed by atoms with Crippen LogP contribution in [0.15, 0.2) is 12.1 Å². The minimum absolute atomic E-state index is 0.458. The molecule has 1 aromatic carbocycles. The van der Waals surface area contributed by atoms with Gasteiger partial charge in [0.05, 0.1) is 0 Å². The van der Waals surface area contributed by atoms with Gasteiger partial charge < -0.3 is 5.32 Å². The molecule has 106 valence electrons. The Balaban J connectivity index is 2.43. The molecular weight excluding hydrogens is 230 g/mol. The monoisotopic (exact) mass is 259 g/mol. The molecule has 1 fully saturated rings. The zero-order chi connectivity index (χ0) is 14.2. The predicted octanol–water partition coefficient (Wildman–Crippen LogP) is 4.49. The smallest absolute Gasteiger partial charge is 0.0132 e. The summed E-state index contributed by atoms with van der Waals surface area (Å²) in [5.41, 5.74) is 6.45. The zero-order valence-corrected chi connectivity index (χ0v) is 13.4. The van der Waals surface area contributed by atoms with Gasteiger partial charge in [-0.3, -0.25) is 0 Å². The number of hydrogen-bond donors (Lipinski definition) is 1. The van der Waals surface area contributed by atoms with Gasteiger partial charge in [0.2, 0.25) is 0 Å². The van der Waals surface area contributed by atoms with Crippen LogP contribution < -0.4 is 5.32 Å². The molecule has 0 radical (unpaired) electrons.